The van der Waals surface area contributed by atoms with Gasteiger partial charge in [0.2, 0.25) is 0 Å². The van der Waals surface area contributed by atoms with E-state index in [2.05, 4.69) is 38.8 Å². The number of hydrogen-bond donors (Lipinski definition) is 1. The van der Waals surface area contributed by atoms with Crippen LogP contribution in [0.4, 0.5) is 0 Å². The third-order valence-electron chi connectivity index (χ3n) is 5.17. The smallest absolute Gasteiger partial charge is 0.263 e. The van der Waals surface area contributed by atoms with Gasteiger partial charge in [-0.25, -0.2) is 4.98 Å². The molecule has 1 aromatic carbocycles. The van der Waals surface area contributed by atoms with Gasteiger partial charge in [0.25, 0.3) is 5.91 Å². The van der Waals surface area contributed by atoms with Crippen molar-refractivity contribution in [3.8, 4) is 10.6 Å². The number of hydrogen-bond acceptors (Lipinski definition) is 5. The first-order valence-electron chi connectivity index (χ1n) is 9.78. The van der Waals surface area contributed by atoms with Crippen LogP contribution in [0, 0.1) is 6.92 Å². The molecule has 1 aliphatic rings. The Kier molecular flexibility index (Phi) is 6.20. The second kappa shape index (κ2) is 8.99. The molecule has 0 bridgehead atoms. The average Bonchev–Trinajstić information content (AvgIpc) is 3.37. The first kappa shape index (κ1) is 19.3. The van der Waals surface area contributed by atoms with Crippen molar-refractivity contribution in [2.24, 2.45) is 0 Å². The molecule has 0 aliphatic carbocycles. The van der Waals surface area contributed by atoms with E-state index in [4.69, 9.17) is 0 Å². The third kappa shape index (κ3) is 4.51. The van der Waals surface area contributed by atoms with Crippen LogP contribution >= 0.6 is 22.7 Å². The lowest BCUT2D eigenvalue weighted by Gasteiger charge is -2.27. The highest BCUT2D eigenvalue weighted by Gasteiger charge is 2.17. The fourth-order valence-electron chi connectivity index (χ4n) is 3.62. The van der Waals surface area contributed by atoms with E-state index in [1.54, 1.807) is 11.3 Å². The van der Waals surface area contributed by atoms with Crippen molar-refractivity contribution in [1.82, 2.24) is 15.2 Å². The van der Waals surface area contributed by atoms with Crippen molar-refractivity contribution in [3.05, 3.63) is 62.8 Å². The van der Waals surface area contributed by atoms with E-state index in [1.165, 1.54) is 54.8 Å². The minimum Gasteiger partial charge on any atom is -0.347 e. The van der Waals surface area contributed by atoms with Gasteiger partial charge in [-0.1, -0.05) is 30.7 Å². The lowest BCUT2D eigenvalue weighted by molar-refractivity contribution is 0.0954. The van der Waals surface area contributed by atoms with Crippen LogP contribution in [-0.2, 0) is 13.1 Å². The summed E-state index contributed by atoms with van der Waals surface area (Å²) in [6.45, 7) is 5.77. The fraction of sp³-hybridized carbons (Fsp3) is 0.364. The first-order valence-corrected chi connectivity index (χ1v) is 11.5. The maximum Gasteiger partial charge on any atom is 0.263 e. The molecule has 3 heterocycles. The van der Waals surface area contributed by atoms with Crippen LogP contribution in [0.5, 0.6) is 0 Å². The summed E-state index contributed by atoms with van der Waals surface area (Å²) in [5.41, 5.74) is 4.39. The Hall–Kier alpha value is -2.02. The summed E-state index contributed by atoms with van der Waals surface area (Å²) < 4.78 is 0. The molecule has 1 fully saturated rings. The number of rotatable bonds is 6. The molecule has 2 aromatic heterocycles. The molecule has 1 amide bonds. The Morgan fingerprint density at radius 3 is 2.68 bits per heavy atom. The van der Waals surface area contributed by atoms with E-state index >= 15 is 0 Å². The number of aryl methyl sites for hydroxylation is 1. The van der Waals surface area contributed by atoms with Crippen LogP contribution in [0.15, 0.2) is 41.1 Å². The minimum atomic E-state index is -0.0377. The van der Waals surface area contributed by atoms with Crippen LogP contribution in [0.25, 0.3) is 10.6 Å². The van der Waals surface area contributed by atoms with Gasteiger partial charge in [-0.3, -0.25) is 9.69 Å². The van der Waals surface area contributed by atoms with Gasteiger partial charge in [0.15, 0.2) is 0 Å². The maximum atomic E-state index is 12.8. The molecule has 1 N–H and O–H groups in total. The number of benzene rings is 1. The van der Waals surface area contributed by atoms with E-state index in [0.717, 1.165) is 22.8 Å². The van der Waals surface area contributed by atoms with Crippen LogP contribution in [0.3, 0.4) is 0 Å². The van der Waals surface area contributed by atoms with Gasteiger partial charge < -0.3 is 5.32 Å². The number of nitrogens with zero attached hydrogens (tertiary/aromatic N) is 2. The minimum absolute atomic E-state index is 0.0377. The molecular weight excluding hydrogens is 386 g/mol. The molecule has 0 atom stereocenters. The molecule has 1 saturated heterocycles. The molecular formula is C22H25N3OS2. The van der Waals surface area contributed by atoms with Crippen molar-refractivity contribution < 1.29 is 4.79 Å². The Bertz CT molecular complexity index is 927. The van der Waals surface area contributed by atoms with E-state index in [1.807, 2.05) is 24.4 Å². The number of carbonyl (C=O) groups is 1. The molecule has 28 heavy (non-hydrogen) atoms. The lowest BCUT2D eigenvalue weighted by Crippen LogP contribution is -2.30. The Morgan fingerprint density at radius 1 is 1.14 bits per heavy atom. The second-order valence-corrected chi connectivity index (χ2v) is 9.01. The zero-order chi connectivity index (χ0) is 19.3. The Morgan fingerprint density at radius 2 is 1.93 bits per heavy atom. The fourth-order valence-corrected chi connectivity index (χ4v) is 5.31. The van der Waals surface area contributed by atoms with Gasteiger partial charge in [0.05, 0.1) is 5.69 Å². The zero-order valence-electron chi connectivity index (χ0n) is 16.1. The molecule has 0 unspecified atom stereocenters. The summed E-state index contributed by atoms with van der Waals surface area (Å²) in [6.07, 6.45) is 3.92. The monoisotopic (exact) mass is 411 g/mol. The van der Waals surface area contributed by atoms with Gasteiger partial charge >= 0.3 is 0 Å². The standard InChI is InChI=1S/C22H25N3OS2/c1-16-20(28-22(24-16)19-9-12-27-15-19)21(26)23-13-17-7-3-4-8-18(17)14-25-10-5-2-6-11-25/h3-4,7-9,12,15H,2,5-6,10-11,13-14H2,1H3,(H,23,26). The van der Waals surface area contributed by atoms with Crippen LogP contribution in [-0.4, -0.2) is 28.9 Å². The van der Waals surface area contributed by atoms with Gasteiger partial charge in [-0.15, -0.1) is 11.3 Å². The van der Waals surface area contributed by atoms with Crippen LogP contribution < -0.4 is 5.32 Å². The molecule has 0 spiro atoms. The molecule has 3 aromatic rings. The molecule has 6 heteroatoms. The van der Waals surface area contributed by atoms with Crippen molar-refractivity contribution >= 4 is 28.6 Å². The average molecular weight is 412 g/mol. The van der Waals surface area contributed by atoms with E-state index in [9.17, 15) is 4.79 Å². The topological polar surface area (TPSA) is 45.2 Å². The highest BCUT2D eigenvalue weighted by Crippen LogP contribution is 2.29. The number of aromatic nitrogens is 1. The van der Waals surface area contributed by atoms with Gasteiger partial charge in [-0.2, -0.15) is 11.3 Å². The van der Waals surface area contributed by atoms with E-state index in [0.29, 0.717) is 11.4 Å². The van der Waals surface area contributed by atoms with Gasteiger partial charge in [-0.05, 0) is 55.4 Å². The van der Waals surface area contributed by atoms with E-state index < -0.39 is 0 Å². The largest absolute Gasteiger partial charge is 0.347 e. The van der Waals surface area contributed by atoms with Crippen molar-refractivity contribution in [2.75, 3.05) is 13.1 Å². The second-order valence-electron chi connectivity index (χ2n) is 7.23. The number of carbonyl (C=O) groups excluding carboxylic acids is 1. The summed E-state index contributed by atoms with van der Waals surface area (Å²) in [4.78, 5) is 20.6. The number of piperidine rings is 1. The van der Waals surface area contributed by atoms with Crippen molar-refractivity contribution in [1.29, 1.82) is 0 Å². The zero-order valence-corrected chi connectivity index (χ0v) is 17.7. The lowest BCUT2D eigenvalue weighted by atomic mass is 10.0. The normalized spacial score (nSPS) is 14.9. The number of thiazole rings is 1. The van der Waals surface area contributed by atoms with Crippen LogP contribution in [0.2, 0.25) is 0 Å². The molecule has 0 radical (unpaired) electrons. The summed E-state index contributed by atoms with van der Waals surface area (Å²) in [7, 11) is 0. The number of likely N-dealkylation sites (tertiary alicyclic amines) is 1. The Labute approximate surface area is 174 Å². The maximum absolute atomic E-state index is 12.8. The first-order chi connectivity index (χ1) is 13.7. The number of amides is 1. The number of thiophene rings is 1. The number of nitrogens with one attached hydrogen (secondary N) is 1. The van der Waals surface area contributed by atoms with Crippen molar-refractivity contribution in [3.63, 3.8) is 0 Å². The molecule has 4 rings (SSSR count). The quantitative estimate of drug-likeness (QED) is 0.614. The summed E-state index contributed by atoms with van der Waals surface area (Å²) in [5.74, 6) is -0.0377. The Balaban J connectivity index is 1.42. The SMILES string of the molecule is Cc1nc(-c2ccsc2)sc1C(=O)NCc1ccccc1CN1CCCCC1. The highest BCUT2D eigenvalue weighted by molar-refractivity contribution is 7.17. The molecule has 146 valence electrons. The molecule has 4 nitrogen and oxygen atoms in total. The molecule has 1 aliphatic heterocycles. The summed E-state index contributed by atoms with van der Waals surface area (Å²) in [6, 6.07) is 10.5. The van der Waals surface area contributed by atoms with Gasteiger partial charge in [0.1, 0.15) is 9.88 Å². The summed E-state index contributed by atoms with van der Waals surface area (Å²) in [5, 5.41) is 8.12. The molecule has 0 saturated carbocycles. The van der Waals surface area contributed by atoms with Crippen LogP contribution in [0.1, 0.15) is 45.8 Å². The predicted octanol–water partition coefficient (Wildman–Crippen LogP) is 5.10. The summed E-state index contributed by atoms with van der Waals surface area (Å²) >= 11 is 3.11. The highest BCUT2D eigenvalue weighted by atomic mass is 32.1. The van der Waals surface area contributed by atoms with E-state index in [-0.39, 0.29) is 5.91 Å². The third-order valence-corrected chi connectivity index (χ3v) is 7.06. The predicted molar refractivity (Wildman–Crippen MR) is 117 cm³/mol. The van der Waals surface area contributed by atoms with Gasteiger partial charge in [0, 0.05) is 24.0 Å². The van der Waals surface area contributed by atoms with Crippen molar-refractivity contribution in [2.45, 2.75) is 39.3 Å².